The third kappa shape index (κ3) is 3.88. The van der Waals surface area contributed by atoms with Crippen molar-refractivity contribution < 1.29 is 37.7 Å². The third-order valence-electron chi connectivity index (χ3n) is 6.26. The van der Waals surface area contributed by atoms with E-state index in [9.17, 15) is 23.5 Å². The zero-order valence-electron chi connectivity index (χ0n) is 20.4. The van der Waals surface area contributed by atoms with Gasteiger partial charge in [0.05, 0.1) is 44.0 Å². The average molecular weight is 521 g/mol. The van der Waals surface area contributed by atoms with Crippen LogP contribution in [-0.2, 0) is 9.59 Å². The number of aromatic amines is 1. The van der Waals surface area contributed by atoms with E-state index >= 15 is 0 Å². The fourth-order valence-electron chi connectivity index (χ4n) is 4.50. The Labute approximate surface area is 214 Å². The van der Waals surface area contributed by atoms with Gasteiger partial charge in [0.25, 0.3) is 5.78 Å². The molecule has 1 aromatic heterocycles. The normalized spacial score (nSPS) is 16.8. The van der Waals surface area contributed by atoms with Gasteiger partial charge in [-0.05, 0) is 29.8 Å². The largest absolute Gasteiger partial charge is 0.506 e. The smallest absolute Gasteiger partial charge is 0.302 e. The second-order valence-electron chi connectivity index (χ2n) is 8.33. The number of H-pyrrole nitrogens is 1. The van der Waals surface area contributed by atoms with Crippen LogP contribution in [0.2, 0.25) is 0 Å². The molecule has 0 spiro atoms. The monoisotopic (exact) mass is 521 g/mol. The maximum Gasteiger partial charge on any atom is 0.302 e. The van der Waals surface area contributed by atoms with Crippen molar-refractivity contribution in [3.05, 3.63) is 82.9 Å². The summed E-state index contributed by atoms with van der Waals surface area (Å²) in [6.07, 6.45) is 0. The first kappa shape index (κ1) is 24.8. The molecular weight excluding hydrogens is 500 g/mol. The highest BCUT2D eigenvalue weighted by molar-refractivity contribution is 6.51. The summed E-state index contributed by atoms with van der Waals surface area (Å²) >= 11 is 0. The molecule has 3 aromatic carbocycles. The van der Waals surface area contributed by atoms with Crippen LogP contribution in [0.25, 0.3) is 16.8 Å². The van der Waals surface area contributed by atoms with Crippen molar-refractivity contribution in [3.8, 4) is 17.2 Å². The van der Waals surface area contributed by atoms with Crippen LogP contribution < -0.4 is 19.1 Å². The number of fused-ring (bicyclic) bond motifs is 1. The Morgan fingerprint density at radius 2 is 1.61 bits per heavy atom. The summed E-state index contributed by atoms with van der Waals surface area (Å²) in [6.45, 7) is 0. The van der Waals surface area contributed by atoms with Gasteiger partial charge in [-0.1, -0.05) is 18.2 Å². The number of halogens is 2. The lowest BCUT2D eigenvalue weighted by molar-refractivity contribution is -0.132. The minimum Gasteiger partial charge on any atom is -0.506 e. The molecule has 1 saturated heterocycles. The van der Waals surface area contributed by atoms with Crippen LogP contribution in [0.5, 0.6) is 17.2 Å². The number of benzene rings is 3. The van der Waals surface area contributed by atoms with E-state index in [0.717, 1.165) is 17.0 Å². The summed E-state index contributed by atoms with van der Waals surface area (Å²) < 4.78 is 43.8. The van der Waals surface area contributed by atoms with E-state index in [0.29, 0.717) is 11.3 Å². The number of hydrogen-bond acceptors (Lipinski definition) is 7. The van der Waals surface area contributed by atoms with Crippen molar-refractivity contribution >= 4 is 34.4 Å². The van der Waals surface area contributed by atoms with Gasteiger partial charge in [0, 0.05) is 12.1 Å². The molecule has 1 aliphatic heterocycles. The molecule has 1 amide bonds. The number of ketones is 1. The first-order valence-corrected chi connectivity index (χ1v) is 11.3. The summed E-state index contributed by atoms with van der Waals surface area (Å²) in [5, 5.41) is 11.5. The number of aliphatic hydroxyl groups excluding tert-OH is 1. The Morgan fingerprint density at radius 1 is 0.947 bits per heavy atom. The fourth-order valence-corrected chi connectivity index (χ4v) is 4.50. The summed E-state index contributed by atoms with van der Waals surface area (Å²) in [6, 6.07) is 11.9. The Hall–Kier alpha value is -4.93. The van der Waals surface area contributed by atoms with Gasteiger partial charge >= 0.3 is 5.91 Å². The number of anilines is 1. The van der Waals surface area contributed by atoms with Gasteiger partial charge < -0.3 is 24.3 Å². The maximum absolute atomic E-state index is 13.9. The molecular formula is C27H21F2N3O6. The highest BCUT2D eigenvalue weighted by Gasteiger charge is 2.49. The molecule has 1 fully saturated rings. The molecule has 1 aliphatic rings. The van der Waals surface area contributed by atoms with Gasteiger partial charge in [-0.25, -0.2) is 13.8 Å². The second-order valence-corrected chi connectivity index (χ2v) is 8.33. The lowest BCUT2D eigenvalue weighted by Crippen LogP contribution is -2.30. The fraction of sp³-hybridized carbons (Fsp3) is 0.148. The number of nitrogens with zero attached hydrogens (tertiary/aromatic N) is 2. The van der Waals surface area contributed by atoms with Crippen LogP contribution in [0.1, 0.15) is 17.2 Å². The van der Waals surface area contributed by atoms with E-state index in [1.54, 1.807) is 42.5 Å². The third-order valence-corrected chi connectivity index (χ3v) is 6.26. The molecule has 38 heavy (non-hydrogen) atoms. The topological polar surface area (TPSA) is 114 Å². The van der Waals surface area contributed by atoms with E-state index in [1.807, 2.05) is 0 Å². The number of nitrogens with one attached hydrogen (secondary N) is 1. The summed E-state index contributed by atoms with van der Waals surface area (Å²) in [7, 11) is 4.23. The predicted molar refractivity (Wildman–Crippen MR) is 133 cm³/mol. The van der Waals surface area contributed by atoms with Crippen LogP contribution in [0.4, 0.5) is 14.7 Å². The van der Waals surface area contributed by atoms with Crippen molar-refractivity contribution in [1.82, 2.24) is 9.97 Å². The van der Waals surface area contributed by atoms with E-state index in [2.05, 4.69) is 9.97 Å². The number of aromatic nitrogens is 2. The van der Waals surface area contributed by atoms with Gasteiger partial charge in [-0.3, -0.25) is 14.5 Å². The van der Waals surface area contributed by atoms with Crippen molar-refractivity contribution in [2.24, 2.45) is 0 Å². The van der Waals surface area contributed by atoms with E-state index in [1.165, 1.54) is 21.3 Å². The standard InChI is InChI=1S/C27H21F2N3O6/c1-36-14-7-4-6-13(10-14)23-22(24(33)21-19(37-2)8-5-9-20(21)38-3)25(34)26(35)32(23)27-30-17-11-15(28)16(29)12-18(17)31-27/h4-12,23,33H,1-3H3,(H,30,31)/b24-22+. The van der Waals surface area contributed by atoms with Crippen LogP contribution in [0.15, 0.2) is 60.2 Å². The van der Waals surface area contributed by atoms with Crippen LogP contribution in [0, 0.1) is 11.6 Å². The quantitative estimate of drug-likeness (QED) is 0.218. The number of imidazole rings is 1. The Kier molecular flexibility index (Phi) is 6.19. The number of ether oxygens (including phenoxy) is 3. The van der Waals surface area contributed by atoms with Gasteiger partial charge in [0.1, 0.15) is 28.6 Å². The highest BCUT2D eigenvalue weighted by atomic mass is 19.2. The maximum atomic E-state index is 13.9. The number of methoxy groups -OCH3 is 3. The minimum atomic E-state index is -1.20. The van der Waals surface area contributed by atoms with Gasteiger partial charge in [0.15, 0.2) is 11.6 Å². The molecule has 2 heterocycles. The van der Waals surface area contributed by atoms with E-state index in [-0.39, 0.29) is 39.6 Å². The molecule has 9 nitrogen and oxygen atoms in total. The van der Waals surface area contributed by atoms with Crippen LogP contribution >= 0.6 is 0 Å². The molecule has 194 valence electrons. The van der Waals surface area contributed by atoms with Crippen LogP contribution in [-0.4, -0.2) is 48.1 Å². The van der Waals surface area contributed by atoms with Crippen LogP contribution in [0.3, 0.4) is 0 Å². The molecule has 0 radical (unpaired) electrons. The predicted octanol–water partition coefficient (Wildman–Crippen LogP) is 4.49. The van der Waals surface area contributed by atoms with Gasteiger partial charge in [0.2, 0.25) is 5.95 Å². The number of carbonyl (C=O) groups is 2. The number of aliphatic hydroxyl groups is 1. The second kappa shape index (κ2) is 9.51. The molecule has 1 unspecified atom stereocenters. The minimum absolute atomic E-state index is 0.0385. The Bertz CT molecular complexity index is 1570. The summed E-state index contributed by atoms with van der Waals surface area (Å²) in [5.41, 5.74) is 0.339. The number of rotatable bonds is 6. The zero-order chi connectivity index (χ0) is 27.1. The lowest BCUT2D eigenvalue weighted by atomic mass is 9.94. The lowest BCUT2D eigenvalue weighted by Gasteiger charge is -2.23. The van der Waals surface area contributed by atoms with Crippen molar-refractivity contribution in [1.29, 1.82) is 0 Å². The molecule has 5 rings (SSSR count). The van der Waals surface area contributed by atoms with Crippen molar-refractivity contribution in [2.75, 3.05) is 26.2 Å². The van der Waals surface area contributed by atoms with E-state index < -0.39 is 35.1 Å². The number of Topliss-reactive ketones (excluding diaryl/α,β-unsaturated/α-hetero) is 1. The number of hydrogen-bond donors (Lipinski definition) is 2. The average Bonchev–Trinajstić information content (AvgIpc) is 3.45. The first-order valence-electron chi connectivity index (χ1n) is 11.3. The van der Waals surface area contributed by atoms with Gasteiger partial charge in [-0.15, -0.1) is 0 Å². The highest BCUT2D eigenvalue weighted by Crippen LogP contribution is 2.45. The molecule has 1 atom stereocenters. The number of amides is 1. The van der Waals surface area contributed by atoms with E-state index in [4.69, 9.17) is 14.2 Å². The molecule has 0 aliphatic carbocycles. The Morgan fingerprint density at radius 3 is 2.26 bits per heavy atom. The van der Waals surface area contributed by atoms with Gasteiger partial charge in [-0.2, -0.15) is 0 Å². The molecule has 11 heteroatoms. The zero-order valence-corrected chi connectivity index (χ0v) is 20.4. The molecule has 0 saturated carbocycles. The molecule has 0 bridgehead atoms. The number of carbonyl (C=O) groups excluding carboxylic acids is 2. The SMILES string of the molecule is COc1cccc(C2/C(=C(\O)c3c(OC)cccc3OC)C(=O)C(=O)N2c2nc3cc(F)c(F)cc3[nH]2)c1. The molecule has 4 aromatic rings. The summed E-state index contributed by atoms with van der Waals surface area (Å²) in [4.78, 5) is 35.0. The summed E-state index contributed by atoms with van der Waals surface area (Å²) in [5.74, 6) is -4.12. The van der Waals surface area contributed by atoms with Crippen molar-refractivity contribution in [2.45, 2.75) is 6.04 Å². The van der Waals surface area contributed by atoms with Crippen molar-refractivity contribution in [3.63, 3.8) is 0 Å². The molecule has 2 N–H and O–H groups in total. The first-order chi connectivity index (χ1) is 18.3. The Balaban J connectivity index is 1.79.